The average Bonchev–Trinajstić information content (AvgIpc) is 2.30. The van der Waals surface area contributed by atoms with Crippen LogP contribution in [0.2, 0.25) is 0 Å². The Morgan fingerprint density at radius 2 is 2.19 bits per heavy atom. The summed E-state index contributed by atoms with van der Waals surface area (Å²) in [7, 11) is 1.77. The minimum absolute atomic E-state index is 0.189. The summed E-state index contributed by atoms with van der Waals surface area (Å²) in [6.07, 6.45) is 6.52. The molecule has 0 aromatic heterocycles. The summed E-state index contributed by atoms with van der Waals surface area (Å²) in [6.45, 7) is 6.69. The van der Waals surface area contributed by atoms with Crippen molar-refractivity contribution in [3.05, 3.63) is 0 Å². The summed E-state index contributed by atoms with van der Waals surface area (Å²) in [5.74, 6) is 0. The number of unbranched alkanes of at least 4 members (excludes halogenated alkanes) is 1. The zero-order valence-electron chi connectivity index (χ0n) is 11.1. The lowest BCUT2D eigenvalue weighted by molar-refractivity contribution is 0.00916. The normalized spacial score (nSPS) is 29.2. The smallest absolute Gasteiger partial charge is 0.0746 e. The third kappa shape index (κ3) is 3.72. The highest BCUT2D eigenvalue weighted by atomic mass is 16.5. The van der Waals surface area contributed by atoms with Gasteiger partial charge in [0.05, 0.1) is 6.10 Å². The van der Waals surface area contributed by atoms with E-state index >= 15 is 0 Å². The van der Waals surface area contributed by atoms with Gasteiger partial charge in [0.1, 0.15) is 0 Å². The zero-order valence-corrected chi connectivity index (χ0v) is 11.1. The second-order valence-electron chi connectivity index (χ2n) is 4.93. The van der Waals surface area contributed by atoms with Crippen LogP contribution in [0.1, 0.15) is 46.0 Å². The van der Waals surface area contributed by atoms with Crippen molar-refractivity contribution < 1.29 is 4.74 Å². The summed E-state index contributed by atoms with van der Waals surface area (Å²) in [5, 5.41) is 0. The molecule has 16 heavy (non-hydrogen) atoms. The Balaban J connectivity index is 2.41. The van der Waals surface area contributed by atoms with Gasteiger partial charge in [-0.3, -0.25) is 4.90 Å². The summed E-state index contributed by atoms with van der Waals surface area (Å²) < 4.78 is 5.39. The largest absolute Gasteiger partial charge is 0.380 e. The average molecular weight is 228 g/mol. The number of piperidine rings is 1. The molecule has 0 aliphatic carbocycles. The fraction of sp³-hybridized carbons (Fsp3) is 1.00. The Bertz CT molecular complexity index is 187. The lowest BCUT2D eigenvalue weighted by Crippen LogP contribution is -2.54. The van der Waals surface area contributed by atoms with Crippen LogP contribution in [0.15, 0.2) is 0 Å². The lowest BCUT2D eigenvalue weighted by atomic mass is 9.98. The first-order chi connectivity index (χ1) is 7.72. The van der Waals surface area contributed by atoms with Crippen molar-refractivity contribution in [2.45, 2.75) is 64.1 Å². The fourth-order valence-corrected chi connectivity index (χ4v) is 2.70. The third-order valence-corrected chi connectivity index (χ3v) is 3.80. The molecule has 0 aromatic rings. The minimum atomic E-state index is 0.189. The van der Waals surface area contributed by atoms with Crippen molar-refractivity contribution in [2.24, 2.45) is 5.73 Å². The number of ether oxygens (including phenoxy) is 1. The Morgan fingerprint density at radius 3 is 2.69 bits per heavy atom. The maximum absolute atomic E-state index is 6.13. The van der Waals surface area contributed by atoms with Gasteiger partial charge in [-0.15, -0.1) is 0 Å². The van der Waals surface area contributed by atoms with E-state index in [0.29, 0.717) is 0 Å². The van der Waals surface area contributed by atoms with Crippen LogP contribution in [0.25, 0.3) is 0 Å². The van der Waals surface area contributed by atoms with Crippen molar-refractivity contribution >= 4 is 0 Å². The number of methoxy groups -OCH3 is 1. The quantitative estimate of drug-likeness (QED) is 0.756. The van der Waals surface area contributed by atoms with E-state index in [2.05, 4.69) is 18.7 Å². The molecule has 1 saturated heterocycles. The number of nitrogens with zero attached hydrogens (tertiary/aromatic N) is 1. The van der Waals surface area contributed by atoms with Gasteiger partial charge in [0.2, 0.25) is 0 Å². The van der Waals surface area contributed by atoms with Crippen LogP contribution < -0.4 is 5.73 Å². The van der Waals surface area contributed by atoms with Crippen molar-refractivity contribution in [1.29, 1.82) is 0 Å². The molecular weight excluding hydrogens is 200 g/mol. The maximum atomic E-state index is 6.13. The Kier molecular flexibility index (Phi) is 6.32. The molecule has 3 atom stereocenters. The van der Waals surface area contributed by atoms with Crippen LogP contribution in [0.5, 0.6) is 0 Å². The Morgan fingerprint density at radius 1 is 1.44 bits per heavy atom. The van der Waals surface area contributed by atoms with Gasteiger partial charge in [-0.05, 0) is 19.3 Å². The molecule has 0 aromatic carbocycles. The number of hydrogen-bond donors (Lipinski definition) is 1. The molecule has 3 heteroatoms. The topological polar surface area (TPSA) is 38.5 Å². The Labute approximate surface area is 100 Å². The highest BCUT2D eigenvalue weighted by Crippen LogP contribution is 2.19. The molecule has 1 rings (SSSR count). The summed E-state index contributed by atoms with van der Waals surface area (Å²) in [5.41, 5.74) is 6.13. The molecule has 1 fully saturated rings. The van der Waals surface area contributed by atoms with Gasteiger partial charge in [0.15, 0.2) is 0 Å². The molecule has 2 N–H and O–H groups in total. The molecule has 1 unspecified atom stereocenters. The molecule has 0 amide bonds. The first kappa shape index (κ1) is 13.9. The monoisotopic (exact) mass is 228 g/mol. The molecule has 0 saturated carbocycles. The van der Waals surface area contributed by atoms with Gasteiger partial charge in [-0.1, -0.05) is 26.7 Å². The van der Waals surface area contributed by atoms with E-state index in [-0.39, 0.29) is 12.1 Å². The molecule has 0 bridgehead atoms. The van der Waals surface area contributed by atoms with E-state index in [9.17, 15) is 0 Å². The van der Waals surface area contributed by atoms with Crippen molar-refractivity contribution in [3.63, 3.8) is 0 Å². The molecule has 0 spiro atoms. The van der Waals surface area contributed by atoms with Crippen LogP contribution in [0.3, 0.4) is 0 Å². The van der Waals surface area contributed by atoms with Gasteiger partial charge in [0, 0.05) is 32.3 Å². The molecule has 1 aliphatic rings. The number of hydrogen-bond acceptors (Lipinski definition) is 3. The number of nitrogens with two attached hydrogens (primary N) is 1. The molecule has 96 valence electrons. The van der Waals surface area contributed by atoms with E-state index in [1.165, 1.54) is 25.7 Å². The molecule has 3 nitrogen and oxygen atoms in total. The maximum Gasteiger partial charge on any atom is 0.0746 e. The van der Waals surface area contributed by atoms with Gasteiger partial charge >= 0.3 is 0 Å². The van der Waals surface area contributed by atoms with E-state index in [0.717, 1.165) is 25.6 Å². The van der Waals surface area contributed by atoms with Crippen LogP contribution in [0, 0.1) is 0 Å². The summed E-state index contributed by atoms with van der Waals surface area (Å²) in [4.78, 5) is 2.57. The van der Waals surface area contributed by atoms with Gasteiger partial charge in [0.25, 0.3) is 0 Å². The summed E-state index contributed by atoms with van der Waals surface area (Å²) in [6, 6.07) is 0.915. The first-order valence-electron chi connectivity index (χ1n) is 6.75. The first-order valence-corrected chi connectivity index (χ1v) is 6.75. The van der Waals surface area contributed by atoms with E-state index < -0.39 is 0 Å². The van der Waals surface area contributed by atoms with E-state index in [1.807, 2.05) is 0 Å². The summed E-state index contributed by atoms with van der Waals surface area (Å²) >= 11 is 0. The number of rotatable bonds is 6. The lowest BCUT2D eigenvalue weighted by Gasteiger charge is -2.40. The zero-order chi connectivity index (χ0) is 12.0. The van der Waals surface area contributed by atoms with Crippen LogP contribution in [0.4, 0.5) is 0 Å². The van der Waals surface area contributed by atoms with Crippen LogP contribution in [-0.2, 0) is 4.74 Å². The highest BCUT2D eigenvalue weighted by Gasteiger charge is 2.29. The van der Waals surface area contributed by atoms with E-state index in [4.69, 9.17) is 10.5 Å². The predicted molar refractivity (Wildman–Crippen MR) is 68.6 cm³/mol. The second kappa shape index (κ2) is 7.25. The third-order valence-electron chi connectivity index (χ3n) is 3.80. The van der Waals surface area contributed by atoms with E-state index in [1.54, 1.807) is 7.11 Å². The molecule has 1 aliphatic heterocycles. The van der Waals surface area contributed by atoms with Crippen LogP contribution in [-0.4, -0.2) is 43.3 Å². The van der Waals surface area contributed by atoms with Gasteiger partial charge in [-0.25, -0.2) is 0 Å². The number of likely N-dealkylation sites (tertiary alicyclic amines) is 1. The Hall–Kier alpha value is -0.120. The second-order valence-corrected chi connectivity index (χ2v) is 4.93. The van der Waals surface area contributed by atoms with Gasteiger partial charge < -0.3 is 10.5 Å². The fourth-order valence-electron chi connectivity index (χ4n) is 2.70. The molecule has 0 radical (unpaired) electrons. The SMILES string of the molecule is CCCCC(CC)N1CC[C@@H](OC)[C@@H](N)C1. The minimum Gasteiger partial charge on any atom is -0.380 e. The van der Waals surface area contributed by atoms with Crippen molar-refractivity contribution in [3.8, 4) is 0 Å². The molecular formula is C13H28N2O. The predicted octanol–water partition coefficient (Wildman–Crippen LogP) is 2.00. The van der Waals surface area contributed by atoms with Crippen molar-refractivity contribution in [1.82, 2.24) is 4.90 Å². The molecule has 1 heterocycles. The highest BCUT2D eigenvalue weighted by molar-refractivity contribution is 4.86. The van der Waals surface area contributed by atoms with Crippen molar-refractivity contribution in [2.75, 3.05) is 20.2 Å². The van der Waals surface area contributed by atoms with Gasteiger partial charge in [-0.2, -0.15) is 0 Å². The standard InChI is InChI=1S/C13H28N2O/c1-4-6-7-11(5-2)15-9-8-13(16-3)12(14)10-15/h11-13H,4-10,14H2,1-3H3/t11?,12-,13+/m0/s1. The van der Waals surface area contributed by atoms with Crippen LogP contribution >= 0.6 is 0 Å².